The molecule has 1 amide bonds. The summed E-state index contributed by atoms with van der Waals surface area (Å²) in [5.74, 6) is -0.802. The number of hydrogen-bond donors (Lipinski definition) is 1. The summed E-state index contributed by atoms with van der Waals surface area (Å²) < 4.78 is 13.7. The highest BCUT2D eigenvalue weighted by atomic mass is 19.1. The Morgan fingerprint density at radius 3 is 2.50 bits per heavy atom. The van der Waals surface area contributed by atoms with Crippen LogP contribution >= 0.6 is 0 Å². The molecule has 0 unspecified atom stereocenters. The Morgan fingerprint density at radius 1 is 1.38 bits per heavy atom. The number of benzene rings is 1. The van der Waals surface area contributed by atoms with E-state index >= 15 is 0 Å². The predicted molar refractivity (Wildman–Crippen MR) is 63.1 cm³/mol. The van der Waals surface area contributed by atoms with E-state index in [4.69, 9.17) is 0 Å². The van der Waals surface area contributed by atoms with Crippen LogP contribution in [0.15, 0.2) is 18.2 Å². The molecule has 2 nitrogen and oxygen atoms in total. The van der Waals surface area contributed by atoms with Crippen LogP contribution in [-0.2, 0) is 5.41 Å². The smallest absolute Gasteiger partial charge is 0.254 e. The summed E-state index contributed by atoms with van der Waals surface area (Å²) in [4.78, 5) is 11.8. The van der Waals surface area contributed by atoms with Gasteiger partial charge in [0.15, 0.2) is 0 Å². The van der Waals surface area contributed by atoms with Crippen LogP contribution < -0.4 is 5.32 Å². The van der Waals surface area contributed by atoms with Crippen LogP contribution in [0, 0.1) is 5.82 Å². The fraction of sp³-hybridized carbons (Fsp3) is 0.462. The van der Waals surface area contributed by atoms with Gasteiger partial charge in [-0.15, -0.1) is 0 Å². The van der Waals surface area contributed by atoms with E-state index < -0.39 is 5.82 Å². The van der Waals surface area contributed by atoms with Gasteiger partial charge in [0.1, 0.15) is 5.82 Å². The molecule has 1 rings (SSSR count). The van der Waals surface area contributed by atoms with Crippen molar-refractivity contribution in [2.24, 2.45) is 0 Å². The fourth-order valence-electron chi connectivity index (χ4n) is 1.63. The molecule has 0 aliphatic heterocycles. The highest BCUT2D eigenvalue weighted by Crippen LogP contribution is 2.27. The van der Waals surface area contributed by atoms with Gasteiger partial charge in [0.25, 0.3) is 5.91 Å². The Hall–Kier alpha value is -1.38. The zero-order valence-corrected chi connectivity index (χ0v) is 10.2. The van der Waals surface area contributed by atoms with Gasteiger partial charge in [-0.05, 0) is 24.0 Å². The van der Waals surface area contributed by atoms with E-state index in [0.29, 0.717) is 6.54 Å². The molecule has 0 atom stereocenters. The van der Waals surface area contributed by atoms with Crippen LogP contribution in [0.5, 0.6) is 0 Å². The van der Waals surface area contributed by atoms with Crippen molar-refractivity contribution < 1.29 is 9.18 Å². The maximum atomic E-state index is 13.7. The van der Waals surface area contributed by atoms with Crippen molar-refractivity contribution in [1.82, 2.24) is 5.32 Å². The molecule has 1 N–H and O–H groups in total. The number of halogens is 1. The number of amides is 1. The lowest BCUT2D eigenvalue weighted by Crippen LogP contribution is -2.28. The molecule has 88 valence electrons. The van der Waals surface area contributed by atoms with Crippen molar-refractivity contribution in [1.29, 1.82) is 0 Å². The molecule has 0 saturated carbocycles. The average molecular weight is 223 g/mol. The van der Waals surface area contributed by atoms with Crippen LogP contribution in [0.25, 0.3) is 0 Å². The van der Waals surface area contributed by atoms with Crippen molar-refractivity contribution in [2.75, 3.05) is 6.54 Å². The van der Waals surface area contributed by atoms with Crippen LogP contribution in [0.1, 0.15) is 43.6 Å². The maximum Gasteiger partial charge on any atom is 0.254 e. The third-order valence-electron chi connectivity index (χ3n) is 2.39. The van der Waals surface area contributed by atoms with Crippen LogP contribution in [-0.4, -0.2) is 12.5 Å². The second kappa shape index (κ2) is 4.64. The molecule has 1 aromatic rings. The van der Waals surface area contributed by atoms with Gasteiger partial charge in [-0.2, -0.15) is 0 Å². The largest absolute Gasteiger partial charge is 0.352 e. The third-order valence-corrected chi connectivity index (χ3v) is 2.39. The van der Waals surface area contributed by atoms with E-state index in [9.17, 15) is 9.18 Å². The average Bonchev–Trinajstić information content (AvgIpc) is 2.16. The molecule has 1 aromatic carbocycles. The van der Waals surface area contributed by atoms with Gasteiger partial charge in [-0.1, -0.05) is 32.9 Å². The topological polar surface area (TPSA) is 29.1 Å². The Bertz CT molecular complexity index is 393. The molecular formula is C13H18FNO. The SMILES string of the molecule is CCNC(=O)c1c(F)cccc1C(C)(C)C. The first-order chi connectivity index (χ1) is 7.38. The molecule has 0 aromatic heterocycles. The van der Waals surface area contributed by atoms with Gasteiger partial charge in [0.05, 0.1) is 5.56 Å². The minimum Gasteiger partial charge on any atom is -0.352 e. The van der Waals surface area contributed by atoms with E-state index in [1.807, 2.05) is 27.7 Å². The zero-order chi connectivity index (χ0) is 12.3. The zero-order valence-electron chi connectivity index (χ0n) is 10.2. The second-order valence-corrected chi connectivity index (χ2v) is 4.77. The molecule has 16 heavy (non-hydrogen) atoms. The minimum absolute atomic E-state index is 0.164. The molecule has 0 aliphatic carbocycles. The lowest BCUT2D eigenvalue weighted by Gasteiger charge is -2.22. The Labute approximate surface area is 95.9 Å². The van der Waals surface area contributed by atoms with Crippen molar-refractivity contribution >= 4 is 5.91 Å². The van der Waals surface area contributed by atoms with Crippen LogP contribution in [0.3, 0.4) is 0 Å². The molecule has 0 radical (unpaired) electrons. The summed E-state index contributed by atoms with van der Waals surface area (Å²) in [5.41, 5.74) is 0.651. The summed E-state index contributed by atoms with van der Waals surface area (Å²) in [7, 11) is 0. The quantitative estimate of drug-likeness (QED) is 0.820. The van der Waals surface area contributed by atoms with E-state index in [-0.39, 0.29) is 16.9 Å². The van der Waals surface area contributed by atoms with Gasteiger partial charge in [0, 0.05) is 6.54 Å². The fourth-order valence-corrected chi connectivity index (χ4v) is 1.63. The minimum atomic E-state index is -0.460. The monoisotopic (exact) mass is 223 g/mol. The van der Waals surface area contributed by atoms with Gasteiger partial charge in [0.2, 0.25) is 0 Å². The highest BCUT2D eigenvalue weighted by Gasteiger charge is 2.24. The van der Waals surface area contributed by atoms with E-state index in [2.05, 4.69) is 5.32 Å². The van der Waals surface area contributed by atoms with Gasteiger partial charge in [-0.25, -0.2) is 4.39 Å². The summed E-state index contributed by atoms with van der Waals surface area (Å²) in [6, 6.07) is 4.76. The molecule has 3 heteroatoms. The van der Waals surface area contributed by atoms with Crippen molar-refractivity contribution in [3.63, 3.8) is 0 Å². The Morgan fingerprint density at radius 2 is 2.00 bits per heavy atom. The van der Waals surface area contributed by atoms with E-state index in [1.165, 1.54) is 6.07 Å². The molecule has 0 bridgehead atoms. The first kappa shape index (κ1) is 12.7. The number of hydrogen-bond acceptors (Lipinski definition) is 1. The summed E-state index contributed by atoms with van der Waals surface area (Å²) in [6.07, 6.45) is 0. The second-order valence-electron chi connectivity index (χ2n) is 4.77. The Balaban J connectivity index is 3.30. The lowest BCUT2D eigenvalue weighted by atomic mass is 9.83. The van der Waals surface area contributed by atoms with Crippen molar-refractivity contribution in [3.05, 3.63) is 35.1 Å². The molecule has 0 aliphatic rings. The van der Waals surface area contributed by atoms with Gasteiger partial charge < -0.3 is 5.32 Å². The standard InChI is InChI=1S/C13H18FNO/c1-5-15-12(16)11-9(13(2,3)4)7-6-8-10(11)14/h6-8H,5H2,1-4H3,(H,15,16). The van der Waals surface area contributed by atoms with Crippen molar-refractivity contribution in [2.45, 2.75) is 33.1 Å². The highest BCUT2D eigenvalue weighted by molar-refractivity contribution is 5.96. The molecule has 0 saturated heterocycles. The predicted octanol–water partition coefficient (Wildman–Crippen LogP) is 2.87. The number of nitrogens with one attached hydrogen (secondary N) is 1. The molecular weight excluding hydrogens is 205 g/mol. The molecule has 0 spiro atoms. The van der Waals surface area contributed by atoms with Crippen LogP contribution in [0.4, 0.5) is 4.39 Å². The number of rotatable bonds is 2. The van der Waals surface area contributed by atoms with E-state index in [1.54, 1.807) is 12.1 Å². The molecule has 0 heterocycles. The Kier molecular flexibility index (Phi) is 3.68. The molecule has 0 fully saturated rings. The van der Waals surface area contributed by atoms with Gasteiger partial charge >= 0.3 is 0 Å². The van der Waals surface area contributed by atoms with Crippen molar-refractivity contribution in [3.8, 4) is 0 Å². The first-order valence-electron chi connectivity index (χ1n) is 5.45. The summed E-state index contributed by atoms with van der Waals surface area (Å²) >= 11 is 0. The summed E-state index contributed by atoms with van der Waals surface area (Å²) in [5, 5.41) is 2.64. The third kappa shape index (κ3) is 2.60. The first-order valence-corrected chi connectivity index (χ1v) is 5.45. The maximum absolute atomic E-state index is 13.7. The summed E-state index contributed by atoms with van der Waals surface area (Å²) in [6.45, 7) is 8.20. The van der Waals surface area contributed by atoms with E-state index in [0.717, 1.165) is 5.56 Å². The van der Waals surface area contributed by atoms with Gasteiger partial charge in [-0.3, -0.25) is 4.79 Å². The van der Waals surface area contributed by atoms with Crippen LogP contribution in [0.2, 0.25) is 0 Å². The number of carbonyl (C=O) groups is 1. The lowest BCUT2D eigenvalue weighted by molar-refractivity contribution is 0.0949. The normalized spacial score (nSPS) is 11.3. The number of carbonyl (C=O) groups excluding carboxylic acids is 1.